The summed E-state index contributed by atoms with van der Waals surface area (Å²) < 4.78 is 18.2. The van der Waals surface area contributed by atoms with Crippen LogP contribution < -0.4 is 5.73 Å². The van der Waals surface area contributed by atoms with Crippen molar-refractivity contribution in [1.82, 2.24) is 0 Å². The number of nitrogen functional groups attached to an aromatic ring is 1. The maximum atomic E-state index is 13.3. The van der Waals surface area contributed by atoms with E-state index in [-0.39, 0.29) is 11.8 Å². The first kappa shape index (κ1) is 15.4. The lowest BCUT2D eigenvalue weighted by Crippen LogP contribution is -2.16. The van der Waals surface area contributed by atoms with Gasteiger partial charge >= 0.3 is 5.97 Å². The molecule has 0 amide bonds. The molecule has 1 atom stereocenters. The average Bonchev–Trinajstić information content (AvgIpc) is 2.47. The van der Waals surface area contributed by atoms with Gasteiger partial charge in [0.05, 0.1) is 13.0 Å². The largest absolute Gasteiger partial charge is 0.469 e. The summed E-state index contributed by atoms with van der Waals surface area (Å²) in [6.07, 6.45) is 0. The number of nitrogens with two attached hydrogens (primary N) is 1. The quantitative estimate of drug-likeness (QED) is 0.522. The summed E-state index contributed by atoms with van der Waals surface area (Å²) in [6, 6.07) is 13.7. The third-order valence-electron chi connectivity index (χ3n) is 3.00. The molecule has 2 aromatic rings. The number of carbonyl (C=O) groups excluding carboxylic acids is 1. The molecule has 3 nitrogen and oxygen atoms in total. The highest BCUT2D eigenvalue weighted by atomic mass is 32.2. The van der Waals surface area contributed by atoms with E-state index in [9.17, 15) is 9.18 Å². The minimum absolute atomic E-state index is 0.307. The van der Waals surface area contributed by atoms with Crippen LogP contribution >= 0.6 is 11.8 Å². The predicted octanol–water partition coefficient (Wildman–Crippen LogP) is 3.46. The molecule has 5 heteroatoms. The Morgan fingerprint density at radius 1 is 1.29 bits per heavy atom. The van der Waals surface area contributed by atoms with Gasteiger partial charge in [0.1, 0.15) is 5.82 Å². The number of halogens is 1. The van der Waals surface area contributed by atoms with E-state index < -0.39 is 5.92 Å². The fraction of sp³-hybridized carbons (Fsp3) is 0.188. The highest BCUT2D eigenvalue weighted by molar-refractivity contribution is 7.99. The zero-order valence-electron chi connectivity index (χ0n) is 11.6. The van der Waals surface area contributed by atoms with Crippen LogP contribution in [0.15, 0.2) is 53.4 Å². The molecule has 2 aromatic carbocycles. The molecule has 0 spiro atoms. The molecule has 0 bridgehead atoms. The first-order valence-electron chi connectivity index (χ1n) is 6.42. The second-order valence-electron chi connectivity index (χ2n) is 4.52. The fourth-order valence-corrected chi connectivity index (χ4v) is 3.08. The number of thioether (sulfide) groups is 1. The summed E-state index contributed by atoms with van der Waals surface area (Å²) >= 11 is 1.37. The van der Waals surface area contributed by atoms with Crippen molar-refractivity contribution in [2.45, 2.75) is 10.8 Å². The highest BCUT2D eigenvalue weighted by Crippen LogP contribution is 2.29. The Balaban J connectivity index is 2.14. The van der Waals surface area contributed by atoms with Crippen molar-refractivity contribution >= 4 is 23.4 Å². The summed E-state index contributed by atoms with van der Waals surface area (Å²) in [5.41, 5.74) is 6.86. The van der Waals surface area contributed by atoms with Gasteiger partial charge in [0.25, 0.3) is 0 Å². The van der Waals surface area contributed by atoms with Crippen LogP contribution in [0.1, 0.15) is 11.5 Å². The third-order valence-corrected chi connectivity index (χ3v) is 4.07. The van der Waals surface area contributed by atoms with Gasteiger partial charge in [0, 0.05) is 16.3 Å². The Morgan fingerprint density at radius 3 is 2.62 bits per heavy atom. The summed E-state index contributed by atoms with van der Waals surface area (Å²) in [5, 5.41) is 0. The Bertz CT molecular complexity index is 599. The maximum Gasteiger partial charge on any atom is 0.313 e. The van der Waals surface area contributed by atoms with Crippen LogP contribution in [-0.4, -0.2) is 18.8 Å². The molecule has 0 fully saturated rings. The molecule has 21 heavy (non-hydrogen) atoms. The predicted molar refractivity (Wildman–Crippen MR) is 82.7 cm³/mol. The topological polar surface area (TPSA) is 52.3 Å². The van der Waals surface area contributed by atoms with Crippen LogP contribution in [0.2, 0.25) is 0 Å². The number of methoxy groups -OCH3 is 1. The van der Waals surface area contributed by atoms with E-state index in [4.69, 9.17) is 10.5 Å². The van der Waals surface area contributed by atoms with E-state index >= 15 is 0 Å². The minimum atomic E-state index is -0.398. The van der Waals surface area contributed by atoms with E-state index in [0.29, 0.717) is 16.3 Å². The number of esters is 1. The van der Waals surface area contributed by atoms with Gasteiger partial charge in [-0.2, -0.15) is 0 Å². The van der Waals surface area contributed by atoms with Crippen LogP contribution in [0.3, 0.4) is 0 Å². The number of ether oxygens (including phenoxy) is 1. The van der Waals surface area contributed by atoms with Gasteiger partial charge in [0.2, 0.25) is 0 Å². The number of hydrogen-bond donors (Lipinski definition) is 1. The standard InChI is InChI=1S/C16H16FNO2S/c1-20-16(19)15(11-5-3-2-4-6-11)10-21-14-8-12(17)7-13(18)9-14/h2-9,15H,10,18H2,1H3. The van der Waals surface area contributed by atoms with Crippen molar-refractivity contribution < 1.29 is 13.9 Å². The maximum absolute atomic E-state index is 13.3. The van der Waals surface area contributed by atoms with Crippen molar-refractivity contribution in [3.63, 3.8) is 0 Å². The van der Waals surface area contributed by atoms with E-state index in [1.165, 1.54) is 31.0 Å². The van der Waals surface area contributed by atoms with Crippen molar-refractivity contribution in [3.8, 4) is 0 Å². The normalized spacial score (nSPS) is 11.9. The fourth-order valence-electron chi connectivity index (χ4n) is 1.98. The van der Waals surface area contributed by atoms with Crippen molar-refractivity contribution in [1.29, 1.82) is 0 Å². The molecular weight excluding hydrogens is 289 g/mol. The van der Waals surface area contributed by atoms with Crippen LogP contribution in [-0.2, 0) is 9.53 Å². The molecule has 1 unspecified atom stereocenters. The van der Waals surface area contributed by atoms with Gasteiger partial charge in [0.15, 0.2) is 0 Å². The molecule has 0 aliphatic rings. The zero-order chi connectivity index (χ0) is 15.2. The molecule has 0 radical (unpaired) electrons. The van der Waals surface area contributed by atoms with E-state index in [1.807, 2.05) is 30.3 Å². The van der Waals surface area contributed by atoms with E-state index in [2.05, 4.69) is 0 Å². The van der Waals surface area contributed by atoms with Crippen molar-refractivity contribution in [3.05, 3.63) is 59.9 Å². The molecule has 2 N–H and O–H groups in total. The van der Waals surface area contributed by atoms with Crippen LogP contribution in [0.5, 0.6) is 0 Å². The van der Waals surface area contributed by atoms with Crippen LogP contribution in [0.25, 0.3) is 0 Å². The van der Waals surface area contributed by atoms with E-state index in [0.717, 1.165) is 5.56 Å². The smallest absolute Gasteiger partial charge is 0.313 e. The molecule has 0 saturated heterocycles. The van der Waals surface area contributed by atoms with Crippen molar-refractivity contribution in [2.24, 2.45) is 0 Å². The zero-order valence-corrected chi connectivity index (χ0v) is 12.4. The van der Waals surface area contributed by atoms with E-state index in [1.54, 1.807) is 6.07 Å². The van der Waals surface area contributed by atoms with Gasteiger partial charge in [-0.25, -0.2) is 4.39 Å². The average molecular weight is 305 g/mol. The summed E-state index contributed by atoms with van der Waals surface area (Å²) in [5.74, 6) is -0.629. The lowest BCUT2D eigenvalue weighted by atomic mass is 10.0. The summed E-state index contributed by atoms with van der Waals surface area (Å²) in [7, 11) is 1.36. The lowest BCUT2D eigenvalue weighted by molar-refractivity contribution is -0.141. The molecule has 110 valence electrons. The minimum Gasteiger partial charge on any atom is -0.469 e. The number of rotatable bonds is 5. The molecule has 0 heterocycles. The van der Waals surface area contributed by atoms with Crippen LogP contribution in [0.4, 0.5) is 10.1 Å². The van der Waals surface area contributed by atoms with Gasteiger partial charge < -0.3 is 10.5 Å². The lowest BCUT2D eigenvalue weighted by Gasteiger charge is -2.14. The molecule has 0 aliphatic carbocycles. The number of carbonyl (C=O) groups is 1. The molecule has 0 aromatic heterocycles. The first-order chi connectivity index (χ1) is 10.1. The summed E-state index contributed by atoms with van der Waals surface area (Å²) in [4.78, 5) is 12.6. The number of anilines is 1. The Labute approximate surface area is 127 Å². The SMILES string of the molecule is COC(=O)C(CSc1cc(N)cc(F)c1)c1ccccc1. The molecule has 0 aliphatic heterocycles. The first-order valence-corrected chi connectivity index (χ1v) is 7.40. The van der Waals surface area contributed by atoms with Crippen LogP contribution in [0, 0.1) is 5.82 Å². The second-order valence-corrected chi connectivity index (χ2v) is 5.61. The molecule has 2 rings (SSSR count). The Hall–Kier alpha value is -2.01. The third kappa shape index (κ3) is 4.23. The Kier molecular flexibility index (Phi) is 5.22. The highest BCUT2D eigenvalue weighted by Gasteiger charge is 2.21. The van der Waals surface area contributed by atoms with Gasteiger partial charge in [-0.15, -0.1) is 11.8 Å². The molecular formula is C16H16FNO2S. The van der Waals surface area contributed by atoms with Gasteiger partial charge in [-0.1, -0.05) is 30.3 Å². The second kappa shape index (κ2) is 7.13. The number of benzene rings is 2. The monoisotopic (exact) mass is 305 g/mol. The van der Waals surface area contributed by atoms with Crippen molar-refractivity contribution in [2.75, 3.05) is 18.6 Å². The Morgan fingerprint density at radius 2 is 2.00 bits per heavy atom. The molecule has 0 saturated carbocycles. The summed E-state index contributed by atoms with van der Waals surface area (Å²) in [6.45, 7) is 0. The van der Waals surface area contributed by atoms with Gasteiger partial charge in [-0.3, -0.25) is 4.79 Å². The van der Waals surface area contributed by atoms with Gasteiger partial charge in [-0.05, 0) is 23.8 Å². The number of hydrogen-bond acceptors (Lipinski definition) is 4.